The molecule has 2 aromatic rings. The van der Waals surface area contributed by atoms with Crippen LogP contribution in [-0.4, -0.2) is 7.05 Å². The lowest BCUT2D eigenvalue weighted by atomic mass is 10.0. The van der Waals surface area contributed by atoms with E-state index in [1.165, 1.54) is 5.56 Å². The molecule has 0 saturated heterocycles. The first-order valence-corrected chi connectivity index (χ1v) is 6.52. The zero-order chi connectivity index (χ0) is 12.3. The number of benzene rings is 1. The lowest BCUT2D eigenvalue weighted by Crippen LogP contribution is -2.18. The number of nitrogens with one attached hydrogen (secondary N) is 1. The van der Waals surface area contributed by atoms with Crippen molar-refractivity contribution in [1.29, 1.82) is 0 Å². The summed E-state index contributed by atoms with van der Waals surface area (Å²) in [5, 5.41) is 4.05. The van der Waals surface area contributed by atoms with Gasteiger partial charge in [-0.05, 0) is 53.2 Å². The van der Waals surface area contributed by atoms with E-state index in [0.29, 0.717) is 0 Å². The Morgan fingerprint density at radius 3 is 2.53 bits per heavy atom. The Bertz CT molecular complexity index is 480. The molecule has 0 radical (unpaired) electrons. The van der Waals surface area contributed by atoms with Crippen molar-refractivity contribution in [1.82, 2.24) is 5.32 Å². The fourth-order valence-electron chi connectivity index (χ4n) is 1.78. The van der Waals surface area contributed by atoms with Gasteiger partial charge in [-0.2, -0.15) is 0 Å². The van der Waals surface area contributed by atoms with Crippen molar-refractivity contribution in [2.75, 3.05) is 7.05 Å². The van der Waals surface area contributed by atoms with Crippen LogP contribution in [0.2, 0.25) is 5.02 Å². The SMILES string of the molecule is CNC(Cc1ccc(Cl)cc1)c1ccoc1Br. The Balaban J connectivity index is 2.16. The van der Waals surface area contributed by atoms with Crippen molar-refractivity contribution in [3.8, 4) is 0 Å². The lowest BCUT2D eigenvalue weighted by Gasteiger charge is -2.15. The molecule has 0 aliphatic rings. The first kappa shape index (κ1) is 12.7. The number of hydrogen-bond acceptors (Lipinski definition) is 2. The molecule has 0 amide bonds. The summed E-state index contributed by atoms with van der Waals surface area (Å²) < 4.78 is 6.04. The molecule has 1 unspecified atom stereocenters. The number of likely N-dealkylation sites (N-methyl/N-ethyl adjacent to an activating group) is 1. The largest absolute Gasteiger partial charge is 0.457 e. The van der Waals surface area contributed by atoms with E-state index in [2.05, 4.69) is 21.2 Å². The number of furan rings is 1. The average Bonchev–Trinajstić information content (AvgIpc) is 2.75. The molecule has 0 fully saturated rings. The third kappa shape index (κ3) is 3.12. The van der Waals surface area contributed by atoms with Gasteiger partial charge in [-0.1, -0.05) is 23.7 Å². The summed E-state index contributed by atoms with van der Waals surface area (Å²) >= 11 is 9.27. The zero-order valence-corrected chi connectivity index (χ0v) is 11.8. The summed E-state index contributed by atoms with van der Waals surface area (Å²) in [6.07, 6.45) is 2.58. The van der Waals surface area contributed by atoms with Crippen LogP contribution in [0.5, 0.6) is 0 Å². The summed E-state index contributed by atoms with van der Waals surface area (Å²) in [4.78, 5) is 0. The predicted octanol–water partition coefficient (Wildman–Crippen LogP) is 4.20. The quantitative estimate of drug-likeness (QED) is 0.915. The molecule has 0 spiro atoms. The smallest absolute Gasteiger partial charge is 0.173 e. The maximum atomic E-state index is 5.87. The van der Waals surface area contributed by atoms with E-state index >= 15 is 0 Å². The molecule has 4 heteroatoms. The molecule has 90 valence electrons. The van der Waals surface area contributed by atoms with Gasteiger partial charge in [0, 0.05) is 16.6 Å². The molecule has 0 saturated carbocycles. The van der Waals surface area contributed by atoms with E-state index < -0.39 is 0 Å². The molecule has 0 aliphatic carbocycles. The Morgan fingerprint density at radius 2 is 2.00 bits per heavy atom. The van der Waals surface area contributed by atoms with Crippen molar-refractivity contribution < 1.29 is 4.42 Å². The summed E-state index contributed by atoms with van der Waals surface area (Å²) in [6, 6.07) is 10.1. The summed E-state index contributed by atoms with van der Waals surface area (Å²) in [5.41, 5.74) is 2.37. The van der Waals surface area contributed by atoms with Gasteiger partial charge in [0.1, 0.15) is 0 Å². The number of hydrogen-bond donors (Lipinski definition) is 1. The van der Waals surface area contributed by atoms with Crippen molar-refractivity contribution >= 4 is 27.5 Å². The van der Waals surface area contributed by atoms with E-state index in [4.69, 9.17) is 16.0 Å². The van der Waals surface area contributed by atoms with Gasteiger partial charge in [0.2, 0.25) is 0 Å². The van der Waals surface area contributed by atoms with E-state index in [1.807, 2.05) is 37.4 Å². The van der Waals surface area contributed by atoms with Crippen molar-refractivity contribution in [3.63, 3.8) is 0 Å². The van der Waals surface area contributed by atoms with E-state index in [0.717, 1.165) is 21.7 Å². The predicted molar refractivity (Wildman–Crippen MR) is 73.4 cm³/mol. The molecule has 17 heavy (non-hydrogen) atoms. The van der Waals surface area contributed by atoms with Crippen LogP contribution in [0.1, 0.15) is 17.2 Å². The van der Waals surface area contributed by atoms with Crippen LogP contribution in [0.25, 0.3) is 0 Å². The highest BCUT2D eigenvalue weighted by Gasteiger charge is 2.15. The van der Waals surface area contributed by atoms with Crippen LogP contribution in [0, 0.1) is 0 Å². The summed E-state index contributed by atoms with van der Waals surface area (Å²) in [6.45, 7) is 0. The second-order valence-electron chi connectivity index (χ2n) is 3.82. The molecule has 1 N–H and O–H groups in total. The molecular formula is C13H13BrClNO. The molecule has 0 bridgehead atoms. The molecule has 2 nitrogen and oxygen atoms in total. The van der Waals surface area contributed by atoms with Gasteiger partial charge in [-0.3, -0.25) is 0 Å². The normalized spacial score (nSPS) is 12.6. The van der Waals surface area contributed by atoms with Gasteiger partial charge in [0.25, 0.3) is 0 Å². The third-order valence-electron chi connectivity index (χ3n) is 2.72. The van der Waals surface area contributed by atoms with E-state index in [9.17, 15) is 0 Å². The summed E-state index contributed by atoms with van der Waals surface area (Å²) in [7, 11) is 1.94. The highest BCUT2D eigenvalue weighted by molar-refractivity contribution is 9.10. The Morgan fingerprint density at radius 1 is 1.29 bits per heavy atom. The average molecular weight is 315 g/mol. The highest BCUT2D eigenvalue weighted by Crippen LogP contribution is 2.27. The van der Waals surface area contributed by atoms with Crippen LogP contribution >= 0.6 is 27.5 Å². The third-order valence-corrected chi connectivity index (χ3v) is 3.62. The molecule has 0 aliphatic heterocycles. The first-order valence-electron chi connectivity index (χ1n) is 5.35. The Labute approximate surface area is 114 Å². The Kier molecular flexibility index (Phi) is 4.26. The zero-order valence-electron chi connectivity index (χ0n) is 9.41. The van der Waals surface area contributed by atoms with Crippen molar-refractivity contribution in [3.05, 3.63) is 57.4 Å². The maximum Gasteiger partial charge on any atom is 0.173 e. The topological polar surface area (TPSA) is 25.2 Å². The molecule has 1 aromatic heterocycles. The molecule has 2 rings (SSSR count). The van der Waals surface area contributed by atoms with Gasteiger partial charge >= 0.3 is 0 Å². The van der Waals surface area contributed by atoms with Crippen LogP contribution in [0.15, 0.2) is 45.7 Å². The maximum absolute atomic E-state index is 5.87. The molecular weight excluding hydrogens is 302 g/mol. The van der Waals surface area contributed by atoms with Gasteiger partial charge in [0.05, 0.1) is 6.26 Å². The summed E-state index contributed by atoms with van der Waals surface area (Å²) in [5.74, 6) is 0. The van der Waals surface area contributed by atoms with Crippen LogP contribution in [-0.2, 0) is 6.42 Å². The fraction of sp³-hybridized carbons (Fsp3) is 0.231. The molecule has 1 atom stereocenters. The first-order chi connectivity index (χ1) is 8.20. The monoisotopic (exact) mass is 313 g/mol. The van der Waals surface area contributed by atoms with Crippen LogP contribution in [0.4, 0.5) is 0 Å². The van der Waals surface area contributed by atoms with Gasteiger partial charge < -0.3 is 9.73 Å². The van der Waals surface area contributed by atoms with Gasteiger partial charge in [-0.25, -0.2) is 0 Å². The second kappa shape index (κ2) is 5.71. The minimum Gasteiger partial charge on any atom is -0.457 e. The highest BCUT2D eigenvalue weighted by atomic mass is 79.9. The van der Waals surface area contributed by atoms with E-state index in [-0.39, 0.29) is 6.04 Å². The van der Waals surface area contributed by atoms with Gasteiger partial charge in [0.15, 0.2) is 4.67 Å². The van der Waals surface area contributed by atoms with Crippen LogP contribution < -0.4 is 5.32 Å². The van der Waals surface area contributed by atoms with Crippen molar-refractivity contribution in [2.24, 2.45) is 0 Å². The molecule has 1 aromatic carbocycles. The number of rotatable bonds is 4. The van der Waals surface area contributed by atoms with Crippen LogP contribution in [0.3, 0.4) is 0 Å². The van der Waals surface area contributed by atoms with Gasteiger partial charge in [-0.15, -0.1) is 0 Å². The molecule has 1 heterocycles. The van der Waals surface area contributed by atoms with E-state index in [1.54, 1.807) is 6.26 Å². The second-order valence-corrected chi connectivity index (χ2v) is 4.98. The standard InChI is InChI=1S/C13H13BrClNO/c1-16-12(11-6-7-17-13(11)14)8-9-2-4-10(15)5-3-9/h2-7,12,16H,8H2,1H3. The number of halogens is 2. The minimum absolute atomic E-state index is 0.226. The minimum atomic E-state index is 0.226. The Hall–Kier alpha value is -0.770. The lowest BCUT2D eigenvalue weighted by molar-refractivity contribution is 0.518. The fourth-order valence-corrected chi connectivity index (χ4v) is 2.42. The van der Waals surface area contributed by atoms with Crippen molar-refractivity contribution in [2.45, 2.75) is 12.5 Å².